The molecule has 5 heteroatoms. The second-order valence-electron chi connectivity index (χ2n) is 6.85. The first-order valence-electron chi connectivity index (χ1n) is 9.51. The lowest BCUT2D eigenvalue weighted by atomic mass is 10.0. The van der Waals surface area contributed by atoms with E-state index in [-0.39, 0.29) is 17.4 Å². The zero-order valence-electron chi connectivity index (χ0n) is 16.3. The molecule has 0 spiro atoms. The highest BCUT2D eigenvalue weighted by Gasteiger charge is 2.16. The Morgan fingerprint density at radius 3 is 2.52 bits per heavy atom. The van der Waals surface area contributed by atoms with Gasteiger partial charge in [-0.25, -0.2) is 0 Å². The van der Waals surface area contributed by atoms with Gasteiger partial charge in [0.2, 0.25) is 5.43 Å². The Morgan fingerprint density at radius 1 is 1.00 bits per heavy atom. The number of amides is 1. The molecule has 1 heterocycles. The van der Waals surface area contributed by atoms with Gasteiger partial charge in [-0.05, 0) is 42.3 Å². The van der Waals surface area contributed by atoms with Crippen LogP contribution in [0, 0.1) is 0 Å². The largest absolute Gasteiger partial charge is 0.497 e. The minimum absolute atomic E-state index is 0.0973. The molecule has 4 rings (SSSR count). The van der Waals surface area contributed by atoms with Gasteiger partial charge in [-0.1, -0.05) is 37.3 Å². The molecule has 4 aromatic rings. The van der Waals surface area contributed by atoms with Crippen LogP contribution in [0.15, 0.2) is 75.9 Å². The minimum Gasteiger partial charge on any atom is -0.497 e. The third kappa shape index (κ3) is 3.59. The fraction of sp³-hybridized carbons (Fsp3) is 0.167. The summed E-state index contributed by atoms with van der Waals surface area (Å²) in [5, 5.41) is 3.88. The quantitative estimate of drug-likeness (QED) is 0.498. The highest BCUT2D eigenvalue weighted by Crippen LogP contribution is 2.24. The number of methoxy groups -OCH3 is 1. The highest BCUT2D eigenvalue weighted by molar-refractivity contribution is 5.99. The Morgan fingerprint density at radius 2 is 1.79 bits per heavy atom. The SMILES string of the molecule is CC[C@H](NC(=O)c1ccc2oc3cc(OC)ccc3c(=O)c2c1)c1ccccc1. The third-order valence-corrected chi connectivity index (χ3v) is 5.06. The van der Waals surface area contributed by atoms with Crippen molar-refractivity contribution in [3.05, 3.63) is 88.1 Å². The van der Waals surface area contributed by atoms with Gasteiger partial charge in [0, 0.05) is 11.6 Å². The van der Waals surface area contributed by atoms with Crippen molar-refractivity contribution in [1.29, 1.82) is 0 Å². The Balaban J connectivity index is 1.71. The van der Waals surface area contributed by atoms with Crippen molar-refractivity contribution in [2.75, 3.05) is 7.11 Å². The Kier molecular flexibility index (Phi) is 5.04. The molecule has 0 aliphatic carbocycles. The van der Waals surface area contributed by atoms with Crippen molar-refractivity contribution in [1.82, 2.24) is 5.32 Å². The number of rotatable bonds is 5. The van der Waals surface area contributed by atoms with Crippen molar-refractivity contribution in [2.45, 2.75) is 19.4 Å². The van der Waals surface area contributed by atoms with Crippen LogP contribution in [0.2, 0.25) is 0 Å². The molecule has 1 aromatic heterocycles. The van der Waals surface area contributed by atoms with E-state index in [9.17, 15) is 9.59 Å². The molecular formula is C24H21NO4. The van der Waals surface area contributed by atoms with Crippen molar-refractivity contribution in [2.24, 2.45) is 0 Å². The summed E-state index contributed by atoms with van der Waals surface area (Å²) in [5.41, 5.74) is 2.18. The minimum atomic E-state index is -0.225. The number of benzene rings is 3. The van der Waals surface area contributed by atoms with Gasteiger partial charge < -0.3 is 14.5 Å². The molecule has 29 heavy (non-hydrogen) atoms. The summed E-state index contributed by atoms with van der Waals surface area (Å²) in [4.78, 5) is 25.8. The van der Waals surface area contributed by atoms with Crippen LogP contribution in [0.4, 0.5) is 0 Å². The second-order valence-corrected chi connectivity index (χ2v) is 6.85. The van der Waals surface area contributed by atoms with E-state index in [0.717, 1.165) is 12.0 Å². The number of ether oxygens (including phenoxy) is 1. The van der Waals surface area contributed by atoms with E-state index in [1.54, 1.807) is 43.5 Å². The molecule has 0 fully saturated rings. The summed E-state index contributed by atoms with van der Waals surface area (Å²) in [7, 11) is 1.56. The van der Waals surface area contributed by atoms with Gasteiger partial charge in [-0.3, -0.25) is 9.59 Å². The maximum atomic E-state index is 12.9. The van der Waals surface area contributed by atoms with Crippen LogP contribution >= 0.6 is 0 Å². The van der Waals surface area contributed by atoms with E-state index in [0.29, 0.717) is 33.3 Å². The first-order valence-corrected chi connectivity index (χ1v) is 9.51. The molecular weight excluding hydrogens is 366 g/mol. The lowest BCUT2D eigenvalue weighted by Crippen LogP contribution is -2.28. The van der Waals surface area contributed by atoms with Crippen LogP contribution in [-0.2, 0) is 0 Å². The Labute approximate surface area is 167 Å². The number of nitrogens with one attached hydrogen (secondary N) is 1. The number of carbonyl (C=O) groups is 1. The molecule has 0 saturated carbocycles. The first kappa shape index (κ1) is 18.7. The maximum Gasteiger partial charge on any atom is 0.251 e. The van der Waals surface area contributed by atoms with Gasteiger partial charge in [-0.2, -0.15) is 0 Å². The van der Waals surface area contributed by atoms with Crippen molar-refractivity contribution < 1.29 is 13.9 Å². The third-order valence-electron chi connectivity index (χ3n) is 5.06. The fourth-order valence-corrected chi connectivity index (χ4v) is 3.45. The molecule has 0 saturated heterocycles. The predicted molar refractivity (Wildman–Crippen MR) is 113 cm³/mol. The van der Waals surface area contributed by atoms with Gasteiger partial charge in [0.15, 0.2) is 0 Å². The molecule has 1 atom stereocenters. The van der Waals surface area contributed by atoms with Gasteiger partial charge >= 0.3 is 0 Å². The van der Waals surface area contributed by atoms with Crippen LogP contribution in [0.1, 0.15) is 35.3 Å². The lowest BCUT2D eigenvalue weighted by molar-refractivity contribution is 0.0935. The van der Waals surface area contributed by atoms with Crippen LogP contribution in [0.25, 0.3) is 21.9 Å². The summed E-state index contributed by atoms with van der Waals surface area (Å²) in [6.45, 7) is 2.02. The standard InChI is InChI=1S/C24H21NO4/c1-3-20(15-7-5-4-6-8-15)25-24(27)16-9-12-21-19(13-16)23(26)18-11-10-17(28-2)14-22(18)29-21/h4-14,20H,3H2,1-2H3,(H,25,27)/t20-/m0/s1. The highest BCUT2D eigenvalue weighted by atomic mass is 16.5. The molecule has 0 aliphatic heterocycles. The summed E-state index contributed by atoms with van der Waals surface area (Å²) in [6, 6.07) is 19.7. The molecule has 0 radical (unpaired) electrons. The van der Waals surface area contributed by atoms with Gasteiger partial charge in [-0.15, -0.1) is 0 Å². The number of fused-ring (bicyclic) bond motifs is 2. The van der Waals surface area contributed by atoms with Gasteiger partial charge in [0.1, 0.15) is 16.9 Å². The monoisotopic (exact) mass is 387 g/mol. The van der Waals surface area contributed by atoms with E-state index >= 15 is 0 Å². The zero-order valence-corrected chi connectivity index (χ0v) is 16.3. The van der Waals surface area contributed by atoms with Crippen LogP contribution in [0.3, 0.4) is 0 Å². The second kappa shape index (κ2) is 7.80. The molecule has 0 unspecified atom stereocenters. The lowest BCUT2D eigenvalue weighted by Gasteiger charge is -2.17. The normalized spacial score (nSPS) is 12.1. The molecule has 3 aromatic carbocycles. The van der Waals surface area contributed by atoms with Crippen molar-refractivity contribution in [3.8, 4) is 5.75 Å². The van der Waals surface area contributed by atoms with E-state index in [2.05, 4.69) is 5.32 Å². The van der Waals surface area contributed by atoms with Crippen LogP contribution in [0.5, 0.6) is 5.75 Å². The van der Waals surface area contributed by atoms with Crippen LogP contribution in [-0.4, -0.2) is 13.0 Å². The van der Waals surface area contributed by atoms with Crippen molar-refractivity contribution >= 4 is 27.8 Å². The predicted octanol–water partition coefficient (Wildman–Crippen LogP) is 4.84. The smallest absolute Gasteiger partial charge is 0.251 e. The van der Waals surface area contributed by atoms with Crippen molar-refractivity contribution in [3.63, 3.8) is 0 Å². The van der Waals surface area contributed by atoms with Gasteiger partial charge in [0.05, 0.1) is 23.9 Å². The fourth-order valence-electron chi connectivity index (χ4n) is 3.45. The molecule has 1 N–H and O–H groups in total. The first-order chi connectivity index (χ1) is 14.1. The zero-order chi connectivity index (χ0) is 20.4. The summed E-state index contributed by atoms with van der Waals surface area (Å²) < 4.78 is 11.1. The maximum absolute atomic E-state index is 12.9. The molecule has 1 amide bonds. The molecule has 146 valence electrons. The molecule has 0 bridgehead atoms. The number of hydrogen-bond acceptors (Lipinski definition) is 4. The van der Waals surface area contributed by atoms with E-state index in [1.807, 2.05) is 37.3 Å². The summed E-state index contributed by atoms with van der Waals surface area (Å²) in [6.07, 6.45) is 0.762. The number of hydrogen-bond donors (Lipinski definition) is 1. The van der Waals surface area contributed by atoms with E-state index in [4.69, 9.17) is 9.15 Å². The average Bonchev–Trinajstić information content (AvgIpc) is 2.77. The Bertz CT molecular complexity index is 1240. The summed E-state index contributed by atoms with van der Waals surface area (Å²) >= 11 is 0. The topological polar surface area (TPSA) is 68.5 Å². The Hall–Kier alpha value is -3.60. The van der Waals surface area contributed by atoms with E-state index < -0.39 is 0 Å². The van der Waals surface area contributed by atoms with E-state index in [1.165, 1.54) is 0 Å². The average molecular weight is 387 g/mol. The summed E-state index contributed by atoms with van der Waals surface area (Å²) in [5.74, 6) is 0.388. The number of carbonyl (C=O) groups excluding carboxylic acids is 1. The molecule has 0 aliphatic rings. The van der Waals surface area contributed by atoms with Gasteiger partial charge in [0.25, 0.3) is 5.91 Å². The van der Waals surface area contributed by atoms with Crippen LogP contribution < -0.4 is 15.5 Å². The molecule has 5 nitrogen and oxygen atoms in total.